The Bertz CT molecular complexity index is 260. The Labute approximate surface area is 133 Å². The summed E-state index contributed by atoms with van der Waals surface area (Å²) < 4.78 is 5.18. The quantitative estimate of drug-likeness (QED) is 0.236. The summed E-state index contributed by atoms with van der Waals surface area (Å²) in [5.41, 5.74) is 5.65. The van der Waals surface area contributed by atoms with Crippen LogP contribution in [0.5, 0.6) is 0 Å². The third-order valence-corrected chi connectivity index (χ3v) is 2.19. The van der Waals surface area contributed by atoms with E-state index >= 15 is 0 Å². The molecule has 0 saturated heterocycles. The van der Waals surface area contributed by atoms with Crippen LogP contribution < -0.4 is 16.4 Å². The van der Waals surface area contributed by atoms with Gasteiger partial charge < -0.3 is 21.1 Å². The van der Waals surface area contributed by atoms with Crippen LogP contribution in [0.3, 0.4) is 0 Å². The predicted molar refractivity (Wildman–Crippen MR) is 88.9 cm³/mol. The fourth-order valence-corrected chi connectivity index (χ4v) is 1.15. The maximum Gasteiger partial charge on any atom is 0.222 e. The molecule has 0 aromatic heterocycles. The van der Waals surface area contributed by atoms with E-state index in [-0.39, 0.29) is 35.8 Å². The Hall–Kier alpha value is -0.570. The van der Waals surface area contributed by atoms with Crippen LogP contribution in [0.1, 0.15) is 27.2 Å². The van der Waals surface area contributed by atoms with Gasteiger partial charge >= 0.3 is 0 Å². The third kappa shape index (κ3) is 13.7. The van der Waals surface area contributed by atoms with Crippen molar-refractivity contribution in [2.45, 2.75) is 27.2 Å². The molecule has 19 heavy (non-hydrogen) atoms. The van der Waals surface area contributed by atoms with Crippen molar-refractivity contribution in [2.24, 2.45) is 16.6 Å². The molecular formula is C12H27IN4O2. The molecule has 1 amide bonds. The Kier molecular flexibility index (Phi) is 15.1. The molecule has 0 saturated carbocycles. The zero-order valence-corrected chi connectivity index (χ0v) is 14.4. The van der Waals surface area contributed by atoms with Gasteiger partial charge in [0.1, 0.15) is 0 Å². The first-order valence-corrected chi connectivity index (χ1v) is 6.47. The van der Waals surface area contributed by atoms with E-state index in [9.17, 15) is 4.79 Å². The van der Waals surface area contributed by atoms with Gasteiger partial charge in [-0.1, -0.05) is 13.8 Å². The number of aliphatic imine (C=N–C) groups is 1. The van der Waals surface area contributed by atoms with Crippen LogP contribution in [0.15, 0.2) is 4.99 Å². The molecule has 0 atom stereocenters. The molecular weight excluding hydrogens is 359 g/mol. The van der Waals surface area contributed by atoms with E-state index in [1.807, 2.05) is 20.8 Å². The molecule has 4 N–H and O–H groups in total. The molecule has 0 aromatic rings. The molecule has 0 spiro atoms. The molecule has 0 radical (unpaired) electrons. The third-order valence-electron chi connectivity index (χ3n) is 2.19. The van der Waals surface area contributed by atoms with Gasteiger partial charge in [0.25, 0.3) is 0 Å². The summed E-state index contributed by atoms with van der Waals surface area (Å²) >= 11 is 0. The zero-order chi connectivity index (χ0) is 13.8. The van der Waals surface area contributed by atoms with E-state index in [4.69, 9.17) is 10.5 Å². The van der Waals surface area contributed by atoms with Crippen molar-refractivity contribution in [1.82, 2.24) is 10.6 Å². The largest absolute Gasteiger partial charge is 0.382 e. The second-order valence-corrected chi connectivity index (χ2v) is 4.19. The van der Waals surface area contributed by atoms with E-state index in [0.29, 0.717) is 32.2 Å². The first-order valence-electron chi connectivity index (χ1n) is 6.47. The average molecular weight is 386 g/mol. The summed E-state index contributed by atoms with van der Waals surface area (Å²) in [6.45, 7) is 8.89. The van der Waals surface area contributed by atoms with Crippen LogP contribution >= 0.6 is 24.0 Å². The highest BCUT2D eigenvalue weighted by atomic mass is 127. The summed E-state index contributed by atoms with van der Waals surface area (Å²) in [7, 11) is 0. The van der Waals surface area contributed by atoms with E-state index in [0.717, 1.165) is 13.0 Å². The normalized spacial score (nSPS) is 11.1. The van der Waals surface area contributed by atoms with Gasteiger partial charge in [0.2, 0.25) is 5.91 Å². The van der Waals surface area contributed by atoms with Crippen LogP contribution in [0, 0.1) is 5.92 Å². The van der Waals surface area contributed by atoms with Crippen molar-refractivity contribution < 1.29 is 9.53 Å². The lowest BCUT2D eigenvalue weighted by Crippen LogP contribution is -2.39. The summed E-state index contributed by atoms with van der Waals surface area (Å²) in [6.07, 6.45) is 0.861. The van der Waals surface area contributed by atoms with Crippen LogP contribution in [0.4, 0.5) is 0 Å². The van der Waals surface area contributed by atoms with Crippen molar-refractivity contribution in [3.8, 4) is 0 Å². The van der Waals surface area contributed by atoms with Crippen molar-refractivity contribution in [1.29, 1.82) is 0 Å². The molecule has 6 nitrogen and oxygen atoms in total. The summed E-state index contributed by atoms with van der Waals surface area (Å²) in [5, 5.41) is 5.73. The number of carbonyl (C=O) groups excluding carboxylic acids is 1. The number of carbonyl (C=O) groups is 1. The Morgan fingerprint density at radius 3 is 2.53 bits per heavy atom. The fourth-order valence-electron chi connectivity index (χ4n) is 1.15. The molecule has 0 heterocycles. The summed E-state index contributed by atoms with van der Waals surface area (Å²) in [6, 6.07) is 0. The SMILES string of the molecule is CCOCCCN=C(N)NCCNC(=O)C(C)C.I. The van der Waals surface area contributed by atoms with E-state index in [1.165, 1.54) is 0 Å². The maximum absolute atomic E-state index is 11.2. The van der Waals surface area contributed by atoms with E-state index in [1.54, 1.807) is 0 Å². The molecule has 0 unspecified atom stereocenters. The number of nitrogens with two attached hydrogens (primary N) is 1. The van der Waals surface area contributed by atoms with Gasteiger partial charge in [-0.15, -0.1) is 24.0 Å². The number of ether oxygens (including phenoxy) is 1. The standard InChI is InChI=1S/C12H26N4O2.HI/c1-4-18-9-5-6-15-12(13)16-8-7-14-11(17)10(2)3;/h10H,4-9H2,1-3H3,(H,14,17)(H3,13,15,16);1H. The highest BCUT2D eigenvalue weighted by Gasteiger charge is 2.04. The number of hydrogen-bond donors (Lipinski definition) is 3. The van der Waals surface area contributed by atoms with Gasteiger partial charge in [0, 0.05) is 38.8 Å². The molecule has 0 aliphatic carbocycles. The van der Waals surface area contributed by atoms with E-state index < -0.39 is 0 Å². The predicted octanol–water partition coefficient (Wildman–Crippen LogP) is 0.707. The fraction of sp³-hybridized carbons (Fsp3) is 0.833. The number of amides is 1. The lowest BCUT2D eigenvalue weighted by atomic mass is 10.2. The number of guanidine groups is 1. The summed E-state index contributed by atoms with van der Waals surface area (Å²) in [4.78, 5) is 15.4. The highest BCUT2D eigenvalue weighted by Crippen LogP contribution is 1.88. The molecule has 0 bridgehead atoms. The lowest BCUT2D eigenvalue weighted by molar-refractivity contribution is -0.123. The second-order valence-electron chi connectivity index (χ2n) is 4.19. The van der Waals surface area contributed by atoms with Gasteiger partial charge in [-0.2, -0.15) is 0 Å². The number of nitrogens with one attached hydrogen (secondary N) is 2. The average Bonchev–Trinajstić information content (AvgIpc) is 2.34. The number of hydrogen-bond acceptors (Lipinski definition) is 3. The number of nitrogens with zero attached hydrogens (tertiary/aromatic N) is 1. The molecule has 0 aliphatic heterocycles. The molecule has 0 fully saturated rings. The van der Waals surface area contributed by atoms with Crippen molar-refractivity contribution >= 4 is 35.8 Å². The van der Waals surface area contributed by atoms with Crippen molar-refractivity contribution in [3.63, 3.8) is 0 Å². The van der Waals surface area contributed by atoms with Crippen LogP contribution in [-0.4, -0.2) is 44.7 Å². The van der Waals surface area contributed by atoms with E-state index in [2.05, 4.69) is 15.6 Å². The molecule has 7 heteroatoms. The minimum atomic E-state index is 0. The lowest BCUT2D eigenvalue weighted by Gasteiger charge is -2.09. The Balaban J connectivity index is 0. The second kappa shape index (κ2) is 13.9. The first-order chi connectivity index (χ1) is 8.57. The zero-order valence-electron chi connectivity index (χ0n) is 12.1. The number of rotatable bonds is 9. The van der Waals surface area contributed by atoms with Crippen LogP contribution in [0.25, 0.3) is 0 Å². The van der Waals surface area contributed by atoms with Gasteiger partial charge in [-0.25, -0.2) is 0 Å². The monoisotopic (exact) mass is 386 g/mol. The van der Waals surface area contributed by atoms with Gasteiger partial charge in [-0.05, 0) is 13.3 Å². The Morgan fingerprint density at radius 1 is 1.32 bits per heavy atom. The molecule has 114 valence electrons. The smallest absolute Gasteiger partial charge is 0.222 e. The van der Waals surface area contributed by atoms with Gasteiger partial charge in [0.15, 0.2) is 5.96 Å². The Morgan fingerprint density at radius 2 is 1.95 bits per heavy atom. The minimum Gasteiger partial charge on any atom is -0.382 e. The van der Waals surface area contributed by atoms with Crippen LogP contribution in [-0.2, 0) is 9.53 Å². The van der Waals surface area contributed by atoms with Crippen molar-refractivity contribution in [3.05, 3.63) is 0 Å². The topological polar surface area (TPSA) is 88.7 Å². The van der Waals surface area contributed by atoms with Gasteiger partial charge in [0.05, 0.1) is 0 Å². The molecule has 0 aliphatic rings. The highest BCUT2D eigenvalue weighted by molar-refractivity contribution is 14.0. The molecule has 0 rings (SSSR count). The first kappa shape index (κ1) is 20.7. The van der Waals surface area contributed by atoms with Crippen molar-refractivity contribution in [2.75, 3.05) is 32.8 Å². The maximum atomic E-state index is 11.2. The number of halogens is 1. The summed E-state index contributed by atoms with van der Waals surface area (Å²) in [5.74, 6) is 0.462. The van der Waals surface area contributed by atoms with Gasteiger partial charge in [-0.3, -0.25) is 9.79 Å². The molecule has 0 aromatic carbocycles. The minimum absolute atomic E-state index is 0. The van der Waals surface area contributed by atoms with Crippen LogP contribution in [0.2, 0.25) is 0 Å².